The highest BCUT2D eigenvalue weighted by molar-refractivity contribution is 7.89. The molecule has 0 radical (unpaired) electrons. The van der Waals surface area contributed by atoms with Crippen molar-refractivity contribution < 1.29 is 8.42 Å². The number of aromatic nitrogens is 5. The molecule has 0 saturated carbocycles. The zero-order chi connectivity index (χ0) is 12.3. The third-order valence-corrected chi connectivity index (χ3v) is 3.27. The Labute approximate surface area is 95.3 Å². The molecule has 2 aromatic rings. The van der Waals surface area contributed by atoms with Crippen LogP contribution in [0.5, 0.6) is 0 Å². The molecule has 17 heavy (non-hydrogen) atoms. The van der Waals surface area contributed by atoms with E-state index in [1.165, 1.54) is 6.07 Å². The van der Waals surface area contributed by atoms with Gasteiger partial charge in [-0.05, 0) is 6.07 Å². The van der Waals surface area contributed by atoms with Gasteiger partial charge >= 0.3 is 0 Å². The summed E-state index contributed by atoms with van der Waals surface area (Å²) < 4.78 is 25.7. The van der Waals surface area contributed by atoms with E-state index < -0.39 is 10.0 Å². The topological polar surface area (TPSA) is 133 Å². The van der Waals surface area contributed by atoms with Crippen LogP contribution in [-0.4, -0.2) is 34.0 Å². The molecule has 0 aliphatic rings. The fraction of sp³-hybridized carbons (Fsp3) is 0.143. The Balaban J connectivity index is 2.14. The minimum absolute atomic E-state index is 0.0411. The van der Waals surface area contributed by atoms with Gasteiger partial charge in [-0.15, -0.1) is 10.2 Å². The molecule has 0 aliphatic carbocycles. The Kier molecular flexibility index (Phi) is 2.97. The average Bonchev–Trinajstić information content (AvgIpc) is 2.80. The number of rotatable bonds is 4. The normalized spacial score (nSPS) is 11.5. The zero-order valence-electron chi connectivity index (χ0n) is 8.41. The van der Waals surface area contributed by atoms with Crippen molar-refractivity contribution in [2.75, 3.05) is 0 Å². The maximum absolute atomic E-state index is 11.7. The van der Waals surface area contributed by atoms with Crippen LogP contribution in [0.15, 0.2) is 28.0 Å². The lowest BCUT2D eigenvalue weighted by Crippen LogP contribution is -2.24. The van der Waals surface area contributed by atoms with Gasteiger partial charge in [-0.1, -0.05) is 5.21 Å². The second kappa shape index (κ2) is 4.43. The van der Waals surface area contributed by atoms with Gasteiger partial charge in [-0.2, -0.15) is 5.21 Å². The molecule has 0 unspecified atom stereocenters. The Hall–Kier alpha value is -2.07. The van der Waals surface area contributed by atoms with Crippen molar-refractivity contribution in [3.05, 3.63) is 34.5 Å². The summed E-state index contributed by atoms with van der Waals surface area (Å²) in [6.45, 7) is -0.0854. The molecule has 10 heteroatoms. The van der Waals surface area contributed by atoms with Crippen LogP contribution in [-0.2, 0) is 16.6 Å². The molecule has 0 aromatic carbocycles. The highest BCUT2D eigenvalue weighted by atomic mass is 32.2. The van der Waals surface area contributed by atoms with Crippen LogP contribution in [0.4, 0.5) is 0 Å². The highest BCUT2D eigenvalue weighted by Gasteiger charge is 2.14. The van der Waals surface area contributed by atoms with Gasteiger partial charge in [0.05, 0.1) is 11.4 Å². The molecule has 90 valence electrons. The number of nitrogens with zero attached hydrogens (tertiary/aromatic N) is 3. The first-order chi connectivity index (χ1) is 8.08. The highest BCUT2D eigenvalue weighted by Crippen LogP contribution is 2.04. The molecule has 2 rings (SSSR count). The van der Waals surface area contributed by atoms with E-state index in [1.54, 1.807) is 0 Å². The van der Waals surface area contributed by atoms with E-state index in [2.05, 4.69) is 30.3 Å². The molecule has 3 N–H and O–H groups in total. The van der Waals surface area contributed by atoms with Crippen LogP contribution in [0.1, 0.15) is 5.82 Å². The predicted octanol–water partition coefficient (Wildman–Crippen LogP) is -1.63. The lowest BCUT2D eigenvalue weighted by atomic mass is 10.5. The van der Waals surface area contributed by atoms with Crippen molar-refractivity contribution in [1.82, 2.24) is 30.3 Å². The largest absolute Gasteiger partial charge is 0.328 e. The number of aromatic amines is 2. The van der Waals surface area contributed by atoms with E-state index in [4.69, 9.17) is 0 Å². The first-order valence-electron chi connectivity index (χ1n) is 4.49. The van der Waals surface area contributed by atoms with Gasteiger partial charge in [-0.25, -0.2) is 13.1 Å². The third kappa shape index (κ3) is 2.73. The van der Waals surface area contributed by atoms with E-state index in [0.717, 1.165) is 12.3 Å². The lowest BCUT2D eigenvalue weighted by Gasteiger charge is -2.03. The van der Waals surface area contributed by atoms with Gasteiger partial charge in [0.25, 0.3) is 0 Å². The monoisotopic (exact) mass is 256 g/mol. The summed E-state index contributed by atoms with van der Waals surface area (Å²) in [7, 11) is -3.69. The van der Waals surface area contributed by atoms with Crippen molar-refractivity contribution >= 4 is 10.0 Å². The van der Waals surface area contributed by atoms with Gasteiger partial charge in [-0.3, -0.25) is 4.79 Å². The molecular formula is C7H8N6O3S. The van der Waals surface area contributed by atoms with E-state index >= 15 is 0 Å². The van der Waals surface area contributed by atoms with Gasteiger partial charge in [0.1, 0.15) is 0 Å². The SMILES string of the molecule is O=c1ccc(S(=O)(=O)NCc2nn[nH]n2)c[nH]1. The van der Waals surface area contributed by atoms with Crippen molar-refractivity contribution in [2.45, 2.75) is 11.4 Å². The first-order valence-corrected chi connectivity index (χ1v) is 5.97. The fourth-order valence-electron chi connectivity index (χ4n) is 1.06. The maximum Gasteiger partial charge on any atom is 0.247 e. The van der Waals surface area contributed by atoms with Crippen LogP contribution in [0.2, 0.25) is 0 Å². The standard InChI is InChI=1S/C7H8N6O3S/c14-7-2-1-5(3-8-7)17(15,16)9-4-6-10-12-13-11-6/h1-3,9H,4H2,(H,8,14)(H,10,11,12,13). The third-order valence-electron chi connectivity index (χ3n) is 1.88. The van der Waals surface area contributed by atoms with E-state index in [0.29, 0.717) is 0 Å². The molecule has 0 amide bonds. The molecule has 9 nitrogen and oxygen atoms in total. The molecular weight excluding hydrogens is 248 g/mol. The minimum atomic E-state index is -3.69. The summed E-state index contributed by atoms with van der Waals surface area (Å²) in [5.74, 6) is 0.220. The van der Waals surface area contributed by atoms with E-state index in [9.17, 15) is 13.2 Å². The summed E-state index contributed by atoms with van der Waals surface area (Å²) in [4.78, 5) is 13.0. The summed E-state index contributed by atoms with van der Waals surface area (Å²) >= 11 is 0. The predicted molar refractivity (Wildman–Crippen MR) is 55.3 cm³/mol. The Morgan fingerprint density at radius 3 is 2.76 bits per heavy atom. The number of tetrazole rings is 1. The molecule has 0 aliphatic heterocycles. The van der Waals surface area contributed by atoms with Crippen molar-refractivity contribution in [3.8, 4) is 0 Å². The number of H-pyrrole nitrogens is 2. The summed E-state index contributed by atoms with van der Waals surface area (Å²) in [5.41, 5.74) is -0.373. The van der Waals surface area contributed by atoms with E-state index in [-0.39, 0.29) is 22.8 Å². The fourth-order valence-corrected chi connectivity index (χ4v) is 2.01. The summed E-state index contributed by atoms with van der Waals surface area (Å²) in [6, 6.07) is 2.33. The second-order valence-corrected chi connectivity index (χ2v) is 4.81. The Morgan fingerprint density at radius 2 is 2.18 bits per heavy atom. The molecule has 0 saturated heterocycles. The molecule has 2 aromatic heterocycles. The molecule has 2 heterocycles. The first kappa shape index (κ1) is 11.4. The second-order valence-electron chi connectivity index (χ2n) is 3.04. The van der Waals surface area contributed by atoms with Crippen LogP contribution in [0, 0.1) is 0 Å². The number of hydrogen-bond donors (Lipinski definition) is 3. The number of hydrogen-bond acceptors (Lipinski definition) is 6. The van der Waals surface area contributed by atoms with Crippen molar-refractivity contribution in [2.24, 2.45) is 0 Å². The van der Waals surface area contributed by atoms with Gasteiger partial charge in [0.2, 0.25) is 15.6 Å². The Bertz CT molecular complexity index is 626. The smallest absolute Gasteiger partial charge is 0.247 e. The van der Waals surface area contributed by atoms with E-state index in [1.807, 2.05) is 0 Å². The van der Waals surface area contributed by atoms with Crippen LogP contribution in [0.3, 0.4) is 0 Å². The molecule has 0 atom stereocenters. The maximum atomic E-state index is 11.7. The molecule has 0 bridgehead atoms. The summed E-state index contributed by atoms with van der Waals surface area (Å²) in [5, 5.41) is 12.7. The average molecular weight is 256 g/mol. The van der Waals surface area contributed by atoms with Gasteiger partial charge in [0, 0.05) is 12.3 Å². The van der Waals surface area contributed by atoms with Crippen molar-refractivity contribution in [1.29, 1.82) is 0 Å². The lowest BCUT2D eigenvalue weighted by molar-refractivity contribution is 0.579. The van der Waals surface area contributed by atoms with Crippen LogP contribution >= 0.6 is 0 Å². The summed E-state index contributed by atoms with van der Waals surface area (Å²) in [6.07, 6.45) is 1.11. The minimum Gasteiger partial charge on any atom is -0.328 e. The van der Waals surface area contributed by atoms with Crippen molar-refractivity contribution in [3.63, 3.8) is 0 Å². The quantitative estimate of drug-likeness (QED) is 0.601. The Morgan fingerprint density at radius 1 is 1.35 bits per heavy atom. The van der Waals surface area contributed by atoms with Crippen LogP contribution in [0.25, 0.3) is 0 Å². The number of sulfonamides is 1. The molecule has 0 spiro atoms. The molecule has 0 fully saturated rings. The van der Waals surface area contributed by atoms with Gasteiger partial charge < -0.3 is 4.98 Å². The number of pyridine rings is 1. The zero-order valence-corrected chi connectivity index (χ0v) is 9.23. The van der Waals surface area contributed by atoms with Crippen LogP contribution < -0.4 is 10.3 Å². The number of nitrogens with one attached hydrogen (secondary N) is 3. The van der Waals surface area contributed by atoms with Gasteiger partial charge in [0.15, 0.2) is 5.82 Å².